The molecule has 0 spiro atoms. The van der Waals surface area contributed by atoms with Gasteiger partial charge >= 0.3 is 0 Å². The molecule has 0 aromatic carbocycles. The van der Waals surface area contributed by atoms with Gasteiger partial charge in [0, 0.05) is 6.04 Å². The normalized spacial score (nSPS) is 10.7. The lowest BCUT2D eigenvalue weighted by molar-refractivity contribution is 0.528. The highest BCUT2D eigenvalue weighted by molar-refractivity contribution is 9.10. The van der Waals surface area contributed by atoms with Crippen LogP contribution in [0, 0.1) is 6.20 Å². The Labute approximate surface area is 63.0 Å². The van der Waals surface area contributed by atoms with Gasteiger partial charge < -0.3 is 0 Å². The Balaban J connectivity index is 2.85. The van der Waals surface area contributed by atoms with Gasteiger partial charge in [0.1, 0.15) is 6.20 Å². The fourth-order valence-electron chi connectivity index (χ4n) is 0.542. The van der Waals surface area contributed by atoms with Crippen LogP contribution in [0.1, 0.15) is 19.9 Å². The topological polar surface area (TPSA) is 17.8 Å². The molecule has 2 nitrogen and oxygen atoms in total. The smallest absolute Gasteiger partial charge is 0.102 e. The first-order chi connectivity index (χ1) is 4.20. The highest BCUT2D eigenvalue weighted by Crippen LogP contribution is 2.08. The van der Waals surface area contributed by atoms with E-state index in [2.05, 4.69) is 41.1 Å². The molecule has 0 unspecified atom stereocenters. The molecule has 0 aliphatic carbocycles. The highest BCUT2D eigenvalue weighted by atomic mass is 79.9. The van der Waals surface area contributed by atoms with Crippen molar-refractivity contribution in [3.05, 3.63) is 16.9 Å². The van der Waals surface area contributed by atoms with Crippen LogP contribution in [0.3, 0.4) is 0 Å². The van der Waals surface area contributed by atoms with Crippen LogP contribution in [0.25, 0.3) is 0 Å². The molecule has 0 fully saturated rings. The van der Waals surface area contributed by atoms with Crippen molar-refractivity contribution in [3.63, 3.8) is 0 Å². The molecule has 0 saturated heterocycles. The molecule has 0 aliphatic heterocycles. The number of rotatable bonds is 1. The van der Waals surface area contributed by atoms with E-state index in [1.165, 1.54) is 0 Å². The van der Waals surface area contributed by atoms with Crippen LogP contribution in [0.5, 0.6) is 0 Å². The number of nitrogens with zero attached hydrogens (tertiary/aromatic N) is 2. The molecule has 1 radical (unpaired) electrons. The van der Waals surface area contributed by atoms with Gasteiger partial charge in [-0.2, -0.15) is 5.10 Å². The summed E-state index contributed by atoms with van der Waals surface area (Å²) >= 11 is 3.26. The second kappa shape index (κ2) is 2.52. The number of halogens is 1. The molecule has 0 saturated carbocycles. The van der Waals surface area contributed by atoms with E-state index in [9.17, 15) is 0 Å². The average molecular weight is 188 g/mol. The third-order valence-corrected chi connectivity index (χ3v) is 1.39. The van der Waals surface area contributed by atoms with Crippen LogP contribution >= 0.6 is 15.9 Å². The van der Waals surface area contributed by atoms with E-state index in [1.807, 2.05) is 0 Å². The summed E-state index contributed by atoms with van der Waals surface area (Å²) in [5.74, 6) is 0. The second-order valence-corrected chi connectivity index (χ2v) is 3.00. The summed E-state index contributed by atoms with van der Waals surface area (Å²) in [6.07, 6.45) is 4.73. The van der Waals surface area contributed by atoms with Gasteiger partial charge in [0.05, 0.1) is 10.7 Å². The monoisotopic (exact) mass is 187 g/mol. The number of hydrogen-bond acceptors (Lipinski definition) is 1. The van der Waals surface area contributed by atoms with Gasteiger partial charge in [-0.25, -0.2) is 0 Å². The van der Waals surface area contributed by atoms with Crippen molar-refractivity contribution in [2.75, 3.05) is 0 Å². The third kappa shape index (κ3) is 1.55. The SMILES string of the molecule is CC(C)n1[c]c(Br)cn1. The van der Waals surface area contributed by atoms with E-state index in [0.29, 0.717) is 6.04 Å². The molecular formula is C6H8BrN2. The summed E-state index contributed by atoms with van der Waals surface area (Å²) in [6, 6.07) is 0.399. The van der Waals surface area contributed by atoms with E-state index in [0.717, 1.165) is 4.47 Å². The Morgan fingerprint density at radius 1 is 1.78 bits per heavy atom. The predicted molar refractivity (Wildman–Crippen MR) is 39.1 cm³/mol. The molecule has 3 heteroatoms. The van der Waals surface area contributed by atoms with E-state index in [4.69, 9.17) is 0 Å². The third-order valence-electron chi connectivity index (χ3n) is 1.01. The van der Waals surface area contributed by atoms with Crippen LogP contribution in [-0.4, -0.2) is 9.78 Å². The van der Waals surface area contributed by atoms with Crippen LogP contribution in [0.2, 0.25) is 0 Å². The minimum Gasteiger partial charge on any atom is -0.260 e. The summed E-state index contributed by atoms with van der Waals surface area (Å²) in [7, 11) is 0. The average Bonchev–Trinajstić information content (AvgIpc) is 2.14. The molecule has 1 heterocycles. The first kappa shape index (κ1) is 6.81. The van der Waals surface area contributed by atoms with Gasteiger partial charge in [-0.15, -0.1) is 0 Å². The van der Waals surface area contributed by atoms with Crippen molar-refractivity contribution in [2.24, 2.45) is 0 Å². The minimum absolute atomic E-state index is 0.399. The zero-order valence-electron chi connectivity index (χ0n) is 5.43. The van der Waals surface area contributed by atoms with Crippen molar-refractivity contribution >= 4 is 15.9 Å². The van der Waals surface area contributed by atoms with Crippen molar-refractivity contribution in [1.29, 1.82) is 0 Å². The lowest BCUT2D eigenvalue weighted by Gasteiger charge is -2.01. The molecule has 1 aromatic rings. The van der Waals surface area contributed by atoms with Crippen molar-refractivity contribution in [1.82, 2.24) is 9.78 Å². The summed E-state index contributed by atoms with van der Waals surface area (Å²) in [5, 5.41) is 4.03. The molecule has 0 N–H and O–H groups in total. The fraction of sp³-hybridized carbons (Fsp3) is 0.500. The highest BCUT2D eigenvalue weighted by Gasteiger charge is 1.97. The van der Waals surface area contributed by atoms with Crippen molar-refractivity contribution in [2.45, 2.75) is 19.9 Å². The van der Waals surface area contributed by atoms with E-state index in [1.54, 1.807) is 10.9 Å². The molecule has 0 aliphatic rings. The summed E-state index contributed by atoms with van der Waals surface area (Å²) in [6.45, 7) is 4.13. The van der Waals surface area contributed by atoms with E-state index in [-0.39, 0.29) is 0 Å². The van der Waals surface area contributed by atoms with Crippen LogP contribution in [0.15, 0.2) is 10.7 Å². The molecule has 0 bridgehead atoms. The van der Waals surface area contributed by atoms with Gasteiger partial charge in [-0.3, -0.25) is 4.68 Å². The number of hydrogen-bond donors (Lipinski definition) is 0. The van der Waals surface area contributed by atoms with E-state index >= 15 is 0 Å². The zero-order valence-corrected chi connectivity index (χ0v) is 7.01. The summed E-state index contributed by atoms with van der Waals surface area (Å²) in [5.41, 5.74) is 0. The Morgan fingerprint density at radius 2 is 2.44 bits per heavy atom. The maximum atomic E-state index is 4.03. The lowest BCUT2D eigenvalue weighted by atomic mass is 10.4. The van der Waals surface area contributed by atoms with Crippen molar-refractivity contribution in [3.8, 4) is 0 Å². The molecule has 0 amide bonds. The zero-order chi connectivity index (χ0) is 6.85. The van der Waals surface area contributed by atoms with Gasteiger partial charge in [0.25, 0.3) is 0 Å². The lowest BCUT2D eigenvalue weighted by Crippen LogP contribution is -2.00. The maximum Gasteiger partial charge on any atom is 0.102 e. The Kier molecular flexibility index (Phi) is 1.90. The standard InChI is InChI=1S/C6H8BrN2/c1-5(2)9-4-6(7)3-8-9/h3,5H,1-2H3. The number of aromatic nitrogens is 2. The first-order valence-electron chi connectivity index (χ1n) is 2.82. The predicted octanol–water partition coefficient (Wildman–Crippen LogP) is 2.03. The van der Waals surface area contributed by atoms with Gasteiger partial charge in [0.2, 0.25) is 0 Å². The van der Waals surface area contributed by atoms with Crippen LogP contribution in [-0.2, 0) is 0 Å². The van der Waals surface area contributed by atoms with Gasteiger partial charge in [0.15, 0.2) is 0 Å². The molecule has 0 atom stereocenters. The van der Waals surface area contributed by atoms with Gasteiger partial charge in [-0.1, -0.05) is 0 Å². The quantitative estimate of drug-likeness (QED) is 0.659. The molecule has 49 valence electrons. The molecule has 1 aromatic heterocycles. The summed E-state index contributed by atoms with van der Waals surface area (Å²) < 4.78 is 2.69. The first-order valence-corrected chi connectivity index (χ1v) is 3.62. The Hall–Kier alpha value is -0.310. The van der Waals surface area contributed by atoms with Gasteiger partial charge in [-0.05, 0) is 29.8 Å². The second-order valence-electron chi connectivity index (χ2n) is 2.14. The largest absolute Gasteiger partial charge is 0.260 e. The van der Waals surface area contributed by atoms with E-state index < -0.39 is 0 Å². The molecular weight excluding hydrogens is 180 g/mol. The summed E-state index contributed by atoms with van der Waals surface area (Å²) in [4.78, 5) is 0. The van der Waals surface area contributed by atoms with Crippen LogP contribution in [0.4, 0.5) is 0 Å². The Bertz CT molecular complexity index is 193. The Morgan fingerprint density at radius 3 is 2.67 bits per heavy atom. The van der Waals surface area contributed by atoms with Crippen molar-refractivity contribution < 1.29 is 0 Å². The fourth-order valence-corrected chi connectivity index (χ4v) is 0.816. The maximum absolute atomic E-state index is 4.03. The molecule has 1 rings (SSSR count). The van der Waals surface area contributed by atoms with Crippen LogP contribution < -0.4 is 0 Å². The molecule has 9 heavy (non-hydrogen) atoms. The minimum atomic E-state index is 0.399.